The number of unbranched alkanes of at least 4 members (excludes halogenated alkanes) is 4. The lowest BCUT2D eigenvalue weighted by atomic mass is 10.1. The van der Waals surface area contributed by atoms with Crippen LogP contribution in [0.25, 0.3) is 0 Å². The molecule has 126 valence electrons. The summed E-state index contributed by atoms with van der Waals surface area (Å²) in [5, 5.41) is 0. The lowest BCUT2D eigenvalue weighted by molar-refractivity contribution is 0.290. The third-order valence-electron chi connectivity index (χ3n) is 4.08. The van der Waals surface area contributed by atoms with E-state index in [9.17, 15) is 0 Å². The van der Waals surface area contributed by atoms with Crippen LogP contribution in [0.15, 0.2) is 60.7 Å². The first-order valence-electron chi connectivity index (χ1n) is 9.14. The molecule has 0 bridgehead atoms. The average Bonchev–Trinajstić information content (AvgIpc) is 2.62. The molecule has 2 aromatic rings. The highest BCUT2D eigenvalue weighted by molar-refractivity contribution is 5.17. The van der Waals surface area contributed by atoms with Gasteiger partial charge in [-0.1, -0.05) is 92.8 Å². The molecule has 0 aliphatic carbocycles. The molecular formula is C23H29N. The molecule has 0 amide bonds. The van der Waals surface area contributed by atoms with Crippen molar-refractivity contribution in [1.82, 2.24) is 4.90 Å². The maximum absolute atomic E-state index is 3.38. The van der Waals surface area contributed by atoms with E-state index < -0.39 is 0 Å². The molecule has 0 saturated heterocycles. The summed E-state index contributed by atoms with van der Waals surface area (Å²) in [6.07, 6.45) is 6.19. The van der Waals surface area contributed by atoms with Crippen LogP contribution in [-0.4, -0.2) is 11.4 Å². The molecule has 2 aromatic carbocycles. The Labute approximate surface area is 147 Å². The van der Waals surface area contributed by atoms with Gasteiger partial charge in [0.1, 0.15) is 0 Å². The summed E-state index contributed by atoms with van der Waals surface area (Å²) in [6.45, 7) is 4.97. The van der Waals surface area contributed by atoms with Gasteiger partial charge in [-0.2, -0.15) is 0 Å². The molecule has 0 N–H and O–H groups in total. The molecular weight excluding hydrogens is 290 g/mol. The Morgan fingerprint density at radius 2 is 1.29 bits per heavy atom. The Morgan fingerprint density at radius 1 is 0.708 bits per heavy atom. The first kappa shape index (κ1) is 18.3. The zero-order valence-electron chi connectivity index (χ0n) is 14.9. The minimum absolute atomic E-state index is 0.831. The van der Waals surface area contributed by atoms with Gasteiger partial charge in [-0.3, -0.25) is 4.90 Å². The first-order chi connectivity index (χ1) is 11.9. The van der Waals surface area contributed by atoms with Crippen molar-refractivity contribution in [2.24, 2.45) is 0 Å². The van der Waals surface area contributed by atoms with Gasteiger partial charge in [0, 0.05) is 19.5 Å². The average molecular weight is 319 g/mol. The van der Waals surface area contributed by atoms with E-state index in [-0.39, 0.29) is 0 Å². The Morgan fingerprint density at radius 3 is 1.83 bits per heavy atom. The third kappa shape index (κ3) is 7.49. The third-order valence-corrected chi connectivity index (χ3v) is 4.08. The highest BCUT2D eigenvalue weighted by Crippen LogP contribution is 2.09. The molecule has 1 nitrogen and oxygen atoms in total. The molecule has 0 spiro atoms. The second kappa shape index (κ2) is 11.5. The maximum atomic E-state index is 3.38. The van der Waals surface area contributed by atoms with Gasteiger partial charge in [-0.05, 0) is 17.5 Å². The normalized spacial score (nSPS) is 10.4. The largest absolute Gasteiger partial charge is 0.284 e. The van der Waals surface area contributed by atoms with E-state index in [4.69, 9.17) is 0 Å². The lowest BCUT2D eigenvalue weighted by Gasteiger charge is -2.20. The number of nitrogens with zero attached hydrogens (tertiary/aromatic N) is 1. The predicted molar refractivity (Wildman–Crippen MR) is 104 cm³/mol. The fraction of sp³-hybridized carbons (Fsp3) is 0.391. The van der Waals surface area contributed by atoms with Gasteiger partial charge in [-0.25, -0.2) is 0 Å². The number of hydrogen-bond acceptors (Lipinski definition) is 1. The SMILES string of the molecule is CCCCCCC#CCN(Cc1ccccc1)Cc1ccccc1. The van der Waals surface area contributed by atoms with Crippen LogP contribution in [0.1, 0.15) is 50.2 Å². The summed E-state index contributed by atoms with van der Waals surface area (Å²) >= 11 is 0. The van der Waals surface area contributed by atoms with Crippen molar-refractivity contribution in [3.05, 3.63) is 71.8 Å². The number of hydrogen-bond donors (Lipinski definition) is 0. The van der Waals surface area contributed by atoms with Crippen LogP contribution in [0.4, 0.5) is 0 Å². The summed E-state index contributed by atoms with van der Waals surface area (Å²) in [6, 6.07) is 21.3. The Balaban J connectivity index is 1.89. The summed E-state index contributed by atoms with van der Waals surface area (Å²) in [7, 11) is 0. The van der Waals surface area contributed by atoms with Crippen molar-refractivity contribution in [2.75, 3.05) is 6.54 Å². The van der Waals surface area contributed by atoms with Crippen molar-refractivity contribution in [1.29, 1.82) is 0 Å². The van der Waals surface area contributed by atoms with Crippen molar-refractivity contribution < 1.29 is 0 Å². The van der Waals surface area contributed by atoms with E-state index in [0.29, 0.717) is 0 Å². The molecule has 0 unspecified atom stereocenters. The lowest BCUT2D eigenvalue weighted by Crippen LogP contribution is -2.23. The summed E-state index contributed by atoms with van der Waals surface area (Å²) in [4.78, 5) is 2.42. The highest BCUT2D eigenvalue weighted by atomic mass is 15.1. The topological polar surface area (TPSA) is 3.24 Å². The molecule has 0 aromatic heterocycles. The van der Waals surface area contributed by atoms with E-state index in [1.807, 2.05) is 0 Å². The number of benzene rings is 2. The van der Waals surface area contributed by atoms with Crippen LogP contribution < -0.4 is 0 Å². The van der Waals surface area contributed by atoms with Crippen molar-refractivity contribution in [3.63, 3.8) is 0 Å². The van der Waals surface area contributed by atoms with Crippen LogP contribution in [0, 0.1) is 11.8 Å². The molecule has 0 fully saturated rings. The molecule has 0 heterocycles. The minimum atomic E-state index is 0.831. The van der Waals surface area contributed by atoms with Gasteiger partial charge < -0.3 is 0 Å². The predicted octanol–water partition coefficient (Wildman–Crippen LogP) is 5.66. The smallest absolute Gasteiger partial charge is 0.0607 e. The second-order valence-electron chi connectivity index (χ2n) is 6.28. The van der Waals surface area contributed by atoms with Crippen molar-refractivity contribution in [2.45, 2.75) is 52.1 Å². The van der Waals surface area contributed by atoms with E-state index in [1.54, 1.807) is 0 Å². The molecule has 24 heavy (non-hydrogen) atoms. The van der Waals surface area contributed by atoms with Crippen LogP contribution in [0.3, 0.4) is 0 Å². The van der Waals surface area contributed by atoms with E-state index in [1.165, 1.54) is 36.8 Å². The van der Waals surface area contributed by atoms with Crippen LogP contribution in [-0.2, 0) is 13.1 Å². The Kier molecular flexibility index (Phi) is 8.76. The van der Waals surface area contributed by atoms with Crippen molar-refractivity contribution >= 4 is 0 Å². The van der Waals surface area contributed by atoms with Gasteiger partial charge in [0.25, 0.3) is 0 Å². The molecule has 2 rings (SSSR count). The van der Waals surface area contributed by atoms with Crippen LogP contribution >= 0.6 is 0 Å². The number of rotatable bonds is 9. The quantitative estimate of drug-likeness (QED) is 0.425. The van der Waals surface area contributed by atoms with Crippen LogP contribution in [0.5, 0.6) is 0 Å². The molecule has 1 heteroatoms. The van der Waals surface area contributed by atoms with Gasteiger partial charge in [0.2, 0.25) is 0 Å². The monoisotopic (exact) mass is 319 g/mol. The fourth-order valence-corrected chi connectivity index (χ4v) is 2.75. The minimum Gasteiger partial charge on any atom is -0.284 e. The summed E-state index contributed by atoms with van der Waals surface area (Å²) in [5.41, 5.74) is 2.69. The first-order valence-corrected chi connectivity index (χ1v) is 9.14. The Hall–Kier alpha value is -2.04. The second-order valence-corrected chi connectivity index (χ2v) is 6.28. The van der Waals surface area contributed by atoms with Gasteiger partial charge >= 0.3 is 0 Å². The van der Waals surface area contributed by atoms with Gasteiger partial charge in [0.15, 0.2) is 0 Å². The standard InChI is InChI=1S/C23H29N/c1-2-3-4-5-6-7-14-19-24(20-22-15-10-8-11-16-22)21-23-17-12-9-13-18-23/h8-13,15-18H,2-6,19-21H2,1H3. The summed E-state index contributed by atoms with van der Waals surface area (Å²) in [5.74, 6) is 6.73. The van der Waals surface area contributed by atoms with E-state index in [0.717, 1.165) is 26.1 Å². The maximum Gasteiger partial charge on any atom is 0.0607 e. The van der Waals surface area contributed by atoms with E-state index in [2.05, 4.69) is 84.3 Å². The summed E-state index contributed by atoms with van der Waals surface area (Å²) < 4.78 is 0. The Bertz CT molecular complexity index is 565. The molecule has 0 aliphatic heterocycles. The molecule has 0 radical (unpaired) electrons. The molecule has 0 atom stereocenters. The zero-order valence-corrected chi connectivity index (χ0v) is 14.9. The molecule has 0 saturated carbocycles. The highest BCUT2D eigenvalue weighted by Gasteiger charge is 2.05. The fourth-order valence-electron chi connectivity index (χ4n) is 2.75. The van der Waals surface area contributed by atoms with Gasteiger partial charge in [0.05, 0.1) is 6.54 Å². The molecule has 0 aliphatic rings. The van der Waals surface area contributed by atoms with Crippen LogP contribution in [0.2, 0.25) is 0 Å². The van der Waals surface area contributed by atoms with Gasteiger partial charge in [-0.15, -0.1) is 5.92 Å². The van der Waals surface area contributed by atoms with E-state index >= 15 is 0 Å². The van der Waals surface area contributed by atoms with Crippen molar-refractivity contribution in [3.8, 4) is 11.8 Å². The zero-order chi connectivity index (χ0) is 16.9.